The number of rotatable bonds is 9. The highest BCUT2D eigenvalue weighted by Crippen LogP contribution is 2.40. The molecule has 0 unspecified atom stereocenters. The molecular weight excluding hydrogens is 376 g/mol. The van der Waals surface area contributed by atoms with Gasteiger partial charge in [0, 0.05) is 33.1 Å². The number of thioether (sulfide) groups is 1. The highest BCUT2D eigenvalue weighted by molar-refractivity contribution is 7.98. The van der Waals surface area contributed by atoms with Crippen molar-refractivity contribution in [1.29, 1.82) is 0 Å². The lowest BCUT2D eigenvalue weighted by Gasteiger charge is -2.28. The third-order valence-corrected chi connectivity index (χ3v) is 8.71. The Hall–Kier alpha value is -0.533. The van der Waals surface area contributed by atoms with Crippen LogP contribution in [0.15, 0.2) is 12.1 Å². The molecule has 27 heavy (non-hydrogen) atoms. The molecule has 156 valence electrons. The summed E-state index contributed by atoms with van der Waals surface area (Å²) in [6, 6.07) is 5.14. The number of benzene rings is 1. The molecule has 1 N–H and O–H groups in total. The molecule has 1 aromatic carbocycles. The number of aromatic hydroxyl groups is 1. The molecule has 0 amide bonds. The molecule has 0 bridgehead atoms. The van der Waals surface area contributed by atoms with Crippen LogP contribution in [0.3, 0.4) is 0 Å². The van der Waals surface area contributed by atoms with Gasteiger partial charge in [-0.1, -0.05) is 53.7 Å². The van der Waals surface area contributed by atoms with Crippen molar-refractivity contribution in [2.75, 3.05) is 27.1 Å². The minimum Gasteiger partial charge on any atom is -0.507 e. The highest BCUT2D eigenvalue weighted by Gasteiger charge is 2.36. The molecule has 0 aliphatic carbocycles. The van der Waals surface area contributed by atoms with Gasteiger partial charge in [0.15, 0.2) is 0 Å². The minimum absolute atomic E-state index is 0.0919. The van der Waals surface area contributed by atoms with Crippen molar-refractivity contribution >= 4 is 20.6 Å². The molecule has 0 saturated heterocycles. The van der Waals surface area contributed by atoms with Gasteiger partial charge in [-0.15, -0.1) is 0 Å². The fourth-order valence-electron chi connectivity index (χ4n) is 3.06. The van der Waals surface area contributed by atoms with Crippen LogP contribution in [0.25, 0.3) is 0 Å². The van der Waals surface area contributed by atoms with Crippen LogP contribution < -0.4 is 0 Å². The van der Waals surface area contributed by atoms with E-state index in [0.29, 0.717) is 5.75 Å². The molecule has 0 spiro atoms. The predicted octanol–water partition coefficient (Wildman–Crippen LogP) is 5.49. The van der Waals surface area contributed by atoms with Crippen LogP contribution in [0, 0.1) is 0 Å². The molecule has 6 heteroatoms. The van der Waals surface area contributed by atoms with Gasteiger partial charge >= 0.3 is 8.80 Å². The summed E-state index contributed by atoms with van der Waals surface area (Å²) in [5.74, 6) is 2.38. The fraction of sp³-hybridized carbons (Fsp3) is 0.714. The largest absolute Gasteiger partial charge is 0.507 e. The van der Waals surface area contributed by atoms with Crippen molar-refractivity contribution < 1.29 is 18.4 Å². The average Bonchev–Trinajstić information content (AvgIpc) is 2.57. The average molecular weight is 415 g/mol. The van der Waals surface area contributed by atoms with Crippen molar-refractivity contribution in [2.24, 2.45) is 0 Å². The lowest BCUT2D eigenvalue weighted by Crippen LogP contribution is -2.42. The summed E-state index contributed by atoms with van der Waals surface area (Å²) in [6.07, 6.45) is 0.989. The van der Waals surface area contributed by atoms with Crippen molar-refractivity contribution in [3.63, 3.8) is 0 Å². The molecule has 0 aromatic heterocycles. The summed E-state index contributed by atoms with van der Waals surface area (Å²) in [5.41, 5.74) is 3.13. The third kappa shape index (κ3) is 6.78. The normalized spacial score (nSPS) is 13.2. The molecule has 1 rings (SSSR count). The van der Waals surface area contributed by atoms with Crippen LogP contribution in [0.1, 0.15) is 64.7 Å². The summed E-state index contributed by atoms with van der Waals surface area (Å²) >= 11 is 1.90. The maximum absolute atomic E-state index is 10.8. The van der Waals surface area contributed by atoms with Crippen LogP contribution >= 0.6 is 11.8 Å². The third-order valence-electron chi connectivity index (χ3n) is 4.76. The first-order chi connectivity index (χ1) is 12.4. The monoisotopic (exact) mass is 414 g/mol. The number of hydrogen-bond acceptors (Lipinski definition) is 5. The zero-order valence-electron chi connectivity index (χ0n) is 18.6. The topological polar surface area (TPSA) is 47.9 Å². The minimum atomic E-state index is -2.47. The molecular formula is C21H38O4SSi. The molecule has 0 aliphatic rings. The van der Waals surface area contributed by atoms with Gasteiger partial charge in [0.25, 0.3) is 0 Å². The molecule has 1 aromatic rings. The van der Waals surface area contributed by atoms with Crippen molar-refractivity contribution in [2.45, 2.75) is 70.6 Å². The van der Waals surface area contributed by atoms with Gasteiger partial charge in [-0.05, 0) is 39.7 Å². The van der Waals surface area contributed by atoms with E-state index in [4.69, 9.17) is 13.3 Å². The van der Waals surface area contributed by atoms with Gasteiger partial charge in [0.05, 0.1) is 0 Å². The van der Waals surface area contributed by atoms with E-state index < -0.39 is 8.80 Å². The van der Waals surface area contributed by atoms with Crippen LogP contribution in [0.5, 0.6) is 5.75 Å². The summed E-state index contributed by atoms with van der Waals surface area (Å²) < 4.78 is 16.4. The molecule has 0 radical (unpaired) electrons. The van der Waals surface area contributed by atoms with Gasteiger partial charge in [0.1, 0.15) is 5.75 Å². The van der Waals surface area contributed by atoms with E-state index in [1.807, 2.05) is 11.8 Å². The van der Waals surface area contributed by atoms with E-state index in [0.717, 1.165) is 35.1 Å². The van der Waals surface area contributed by atoms with E-state index in [9.17, 15) is 5.11 Å². The quantitative estimate of drug-likeness (QED) is 0.428. The lowest BCUT2D eigenvalue weighted by molar-refractivity contribution is 0.123. The second kappa shape index (κ2) is 9.79. The van der Waals surface area contributed by atoms with E-state index in [1.165, 1.54) is 5.56 Å². The molecule has 0 aliphatic heterocycles. The van der Waals surface area contributed by atoms with E-state index in [-0.39, 0.29) is 10.8 Å². The lowest BCUT2D eigenvalue weighted by atomic mass is 9.78. The Morgan fingerprint density at radius 2 is 1.33 bits per heavy atom. The van der Waals surface area contributed by atoms with Crippen LogP contribution in [-0.4, -0.2) is 41.0 Å². The second-order valence-electron chi connectivity index (χ2n) is 8.99. The van der Waals surface area contributed by atoms with Gasteiger partial charge in [0.2, 0.25) is 0 Å². The van der Waals surface area contributed by atoms with Gasteiger partial charge in [-0.2, -0.15) is 11.8 Å². The van der Waals surface area contributed by atoms with Crippen LogP contribution in [0.2, 0.25) is 6.04 Å². The van der Waals surface area contributed by atoms with E-state index >= 15 is 0 Å². The molecule has 0 fully saturated rings. The van der Waals surface area contributed by atoms with Crippen LogP contribution in [-0.2, 0) is 29.9 Å². The summed E-state index contributed by atoms with van der Waals surface area (Å²) in [5, 5.41) is 10.8. The first-order valence-corrected chi connectivity index (χ1v) is 12.6. The summed E-state index contributed by atoms with van der Waals surface area (Å²) in [7, 11) is 2.50. The fourth-order valence-corrected chi connectivity index (χ4v) is 5.93. The maximum Gasteiger partial charge on any atom is 0.500 e. The molecule has 4 nitrogen and oxygen atoms in total. The number of hydrogen-bond donors (Lipinski definition) is 1. The summed E-state index contributed by atoms with van der Waals surface area (Å²) in [4.78, 5) is 0. The zero-order valence-corrected chi connectivity index (χ0v) is 20.4. The van der Waals surface area contributed by atoms with Crippen molar-refractivity contribution in [1.82, 2.24) is 0 Å². The highest BCUT2D eigenvalue weighted by atomic mass is 32.2. The second-order valence-corrected chi connectivity index (χ2v) is 13.2. The smallest absolute Gasteiger partial charge is 0.500 e. The Morgan fingerprint density at radius 3 is 1.70 bits per heavy atom. The van der Waals surface area contributed by atoms with E-state index in [2.05, 4.69) is 53.7 Å². The van der Waals surface area contributed by atoms with Gasteiger partial charge in [-0.25, -0.2) is 0 Å². The zero-order chi connectivity index (χ0) is 20.9. The Kier molecular flexibility index (Phi) is 8.88. The Labute approximate surface area is 171 Å². The Bertz CT molecular complexity index is 558. The van der Waals surface area contributed by atoms with Crippen molar-refractivity contribution in [3.8, 4) is 5.75 Å². The van der Waals surface area contributed by atoms with Gasteiger partial charge in [-0.3, -0.25) is 0 Å². The maximum atomic E-state index is 10.8. The van der Waals surface area contributed by atoms with Crippen LogP contribution in [0.4, 0.5) is 0 Å². The standard InChI is InChI=1S/C21H38O4SSi/c1-20(2,3)17-13-16(14-18(19(17)22)21(4,5)6)15-26-11-10-12-27(23-7,24-8)25-9/h13-14,22H,10-12,15H2,1-9H3. The Balaban J connectivity index is 2.84. The van der Waals surface area contributed by atoms with Crippen molar-refractivity contribution in [3.05, 3.63) is 28.8 Å². The Morgan fingerprint density at radius 1 is 0.889 bits per heavy atom. The molecule has 0 heterocycles. The molecule has 0 atom stereocenters. The number of phenols is 1. The van der Waals surface area contributed by atoms with Gasteiger partial charge < -0.3 is 18.4 Å². The van der Waals surface area contributed by atoms with E-state index in [1.54, 1.807) is 21.3 Å². The summed E-state index contributed by atoms with van der Waals surface area (Å²) in [6.45, 7) is 12.9. The molecule has 0 saturated carbocycles. The first-order valence-electron chi connectivity index (χ1n) is 9.50. The SMILES string of the molecule is CO[Si](CCCSCc1cc(C(C)(C)C)c(O)c(C(C)(C)C)c1)(OC)OC. The predicted molar refractivity (Wildman–Crippen MR) is 118 cm³/mol. The number of phenolic OH excluding ortho intramolecular Hbond substituents is 1. The first kappa shape index (κ1) is 24.5.